The maximum atomic E-state index is 13.8. The first-order valence-electron chi connectivity index (χ1n) is 28.8. The molecule has 2 aliphatic heterocycles. The first kappa shape index (κ1) is 68.0. The molecule has 5 heterocycles. The highest BCUT2D eigenvalue weighted by atomic mass is 35.5. The van der Waals surface area contributed by atoms with E-state index in [1.165, 1.54) is 55.0 Å². The van der Waals surface area contributed by atoms with Gasteiger partial charge in [0.25, 0.3) is 35.4 Å². The van der Waals surface area contributed by atoms with Gasteiger partial charge in [0.05, 0.1) is 48.8 Å². The largest absolute Gasteiger partial charge is 0.363 e. The van der Waals surface area contributed by atoms with Crippen molar-refractivity contribution in [3.8, 4) is 0 Å². The Labute approximate surface area is 557 Å². The monoisotopic (exact) mass is 1340 g/mol. The summed E-state index contributed by atoms with van der Waals surface area (Å²) in [5.74, 6) is -2.78. The third-order valence-corrected chi connectivity index (χ3v) is 14.8. The van der Waals surface area contributed by atoms with Gasteiger partial charge in [-0.1, -0.05) is 71.2 Å². The molecule has 2 fully saturated rings. The lowest BCUT2D eigenvalue weighted by molar-refractivity contribution is 0.101. The quantitative estimate of drug-likeness (QED) is 0.0270. The number of anilines is 6. The first-order chi connectivity index (χ1) is 45.6. The van der Waals surface area contributed by atoms with E-state index in [2.05, 4.69) is 51.8 Å². The van der Waals surface area contributed by atoms with Crippen molar-refractivity contribution in [3.63, 3.8) is 0 Å². The highest BCUT2D eigenvalue weighted by molar-refractivity contribution is 6.31. The van der Waals surface area contributed by atoms with E-state index in [9.17, 15) is 41.9 Å². The van der Waals surface area contributed by atoms with E-state index >= 15 is 0 Å². The van der Waals surface area contributed by atoms with Gasteiger partial charge in [-0.3, -0.25) is 44.6 Å². The van der Waals surface area contributed by atoms with Crippen molar-refractivity contribution in [2.45, 2.75) is 6.42 Å². The zero-order chi connectivity index (χ0) is 67.9. The molecule has 482 valence electrons. The van der Waals surface area contributed by atoms with Crippen molar-refractivity contribution < 1.29 is 41.9 Å². The van der Waals surface area contributed by atoms with E-state index in [-0.39, 0.29) is 51.2 Å². The Morgan fingerprint density at radius 2 is 0.705 bits per heavy atom. The summed E-state index contributed by atoms with van der Waals surface area (Å²) in [6.07, 6.45) is 5.19. The van der Waals surface area contributed by atoms with Gasteiger partial charge in [0.1, 0.15) is 52.4 Å². The molecule has 3 aromatic heterocycles. The summed E-state index contributed by atoms with van der Waals surface area (Å²) < 4.78 is 41.5. The number of rotatable bonds is 15. The van der Waals surface area contributed by atoms with Crippen molar-refractivity contribution in [1.29, 1.82) is 10.8 Å². The number of carbonyl (C=O) groups is 6. The Morgan fingerprint density at radius 1 is 0.411 bits per heavy atom. The van der Waals surface area contributed by atoms with Crippen LogP contribution in [0.2, 0.25) is 15.1 Å². The molecule has 0 bridgehead atoms. The summed E-state index contributed by atoms with van der Waals surface area (Å²) >= 11 is 17.4. The van der Waals surface area contributed by atoms with E-state index in [1.807, 2.05) is 28.8 Å². The van der Waals surface area contributed by atoms with Gasteiger partial charge in [0, 0.05) is 99.3 Å². The molecule has 0 spiro atoms. The van der Waals surface area contributed by atoms with Crippen molar-refractivity contribution >= 4 is 122 Å². The summed E-state index contributed by atoms with van der Waals surface area (Å²) in [6.45, 7) is 3.45. The molecule has 95 heavy (non-hydrogen) atoms. The van der Waals surface area contributed by atoms with E-state index < -0.39 is 52.9 Å². The molecule has 11 rings (SSSR count). The van der Waals surface area contributed by atoms with Crippen LogP contribution in [0.1, 0.15) is 85.3 Å². The zero-order valence-electron chi connectivity index (χ0n) is 50.7. The number of hydrogen-bond donors (Lipinski definition) is 8. The van der Waals surface area contributed by atoms with Crippen molar-refractivity contribution in [2.24, 2.45) is 4.99 Å². The van der Waals surface area contributed by atoms with Gasteiger partial charge in [-0.15, -0.1) is 0 Å². The standard InChI is InChI=1S/C23H19ClFN5O2.C23H21ClFN5O2.C22H17ClFN5O2/c24-16-6-9-20(27-13-16)29-23(32)18-12-17(25)7-8-19(18)28-22(31)15-4-2-14(3-5-15)21(26)30-10-1-11-30;1-26-21(30(2)3)14-4-6-15(7-5-14)22(31)28-19-10-9-17(25)12-18(19)23(32)29-20-11-8-16(24)13-27-20;23-15-5-8-19(26-12-15)28-22(31)17-11-16(24)6-7-18(17)27-21(30)14-3-1-13(2-4-14)20(25)29-9-10-29/h2-9,12-13,26H,1,10-11H2,(H,28,31)(H,27,29,32);4-13H,1-3H3,(H,28,31)(H,27,29,32);1-8,11-12,25H,9-10H2,(H,27,30)(H,26,28,31). The van der Waals surface area contributed by atoms with Crippen LogP contribution in [0.25, 0.3) is 0 Å². The molecule has 21 nitrogen and oxygen atoms in total. The predicted molar refractivity (Wildman–Crippen MR) is 362 cm³/mol. The average Bonchev–Trinajstić information content (AvgIpc) is 0.935. The second-order valence-electron chi connectivity index (χ2n) is 21.1. The van der Waals surface area contributed by atoms with Crippen LogP contribution >= 0.6 is 34.8 Å². The fraction of sp³-hybridized carbons (Fsp3) is 0.118. The normalized spacial score (nSPS) is 12.0. The van der Waals surface area contributed by atoms with Crippen LogP contribution in [0.5, 0.6) is 0 Å². The van der Waals surface area contributed by atoms with Gasteiger partial charge in [-0.05, 0) is 134 Å². The molecule has 9 aromatic rings. The Kier molecular flexibility index (Phi) is 22.4. The number of nitrogens with one attached hydrogen (secondary N) is 8. The summed E-state index contributed by atoms with van der Waals surface area (Å²) in [4.78, 5) is 98.1. The Hall–Kier alpha value is -11.3. The molecule has 2 aliphatic rings. The van der Waals surface area contributed by atoms with E-state index in [1.54, 1.807) is 98.0 Å². The zero-order valence-corrected chi connectivity index (χ0v) is 53.0. The number of aliphatic imine (C=N–C) groups is 1. The molecule has 27 heteroatoms. The highest BCUT2D eigenvalue weighted by Crippen LogP contribution is 2.26. The Bertz CT molecular complexity index is 4390. The lowest BCUT2D eigenvalue weighted by Crippen LogP contribution is -2.42. The predicted octanol–water partition coefficient (Wildman–Crippen LogP) is 12.7. The maximum absolute atomic E-state index is 13.8. The number of amides is 6. The number of benzene rings is 6. The van der Waals surface area contributed by atoms with Gasteiger partial charge in [0.2, 0.25) is 0 Å². The third-order valence-electron chi connectivity index (χ3n) is 14.1. The number of halogens is 6. The molecule has 2 saturated heterocycles. The molecule has 0 unspecified atom stereocenters. The highest BCUT2D eigenvalue weighted by Gasteiger charge is 2.24. The molecule has 0 aliphatic carbocycles. The second kappa shape index (κ2) is 31.3. The van der Waals surface area contributed by atoms with Gasteiger partial charge >= 0.3 is 0 Å². The molecule has 0 radical (unpaired) electrons. The molecule has 8 N–H and O–H groups in total. The fourth-order valence-corrected chi connectivity index (χ4v) is 9.35. The van der Waals surface area contributed by atoms with Gasteiger partial charge in [-0.2, -0.15) is 0 Å². The molecule has 0 saturated carbocycles. The van der Waals surface area contributed by atoms with Crippen LogP contribution in [-0.4, -0.2) is 130 Å². The van der Waals surface area contributed by atoms with Gasteiger partial charge in [-0.25, -0.2) is 28.1 Å². The molecule has 6 amide bonds. The van der Waals surface area contributed by atoms with E-state index in [0.29, 0.717) is 49.0 Å². The maximum Gasteiger partial charge on any atom is 0.259 e. The van der Waals surface area contributed by atoms with Crippen LogP contribution in [0.15, 0.2) is 187 Å². The van der Waals surface area contributed by atoms with Crippen LogP contribution in [-0.2, 0) is 0 Å². The van der Waals surface area contributed by atoms with Gasteiger partial charge < -0.3 is 46.6 Å². The summed E-state index contributed by atoms with van der Waals surface area (Å²) in [5.41, 5.74) is 3.68. The smallest absolute Gasteiger partial charge is 0.259 e. The lowest BCUT2D eigenvalue weighted by Gasteiger charge is -2.33. The number of pyridine rings is 3. The number of aromatic nitrogens is 3. The molecule has 0 atom stereocenters. The van der Waals surface area contributed by atoms with Crippen molar-refractivity contribution in [3.05, 3.63) is 265 Å². The molecular weight excluding hydrogens is 1290 g/mol. The van der Waals surface area contributed by atoms with Crippen LogP contribution in [0.3, 0.4) is 0 Å². The van der Waals surface area contributed by atoms with Gasteiger partial charge in [0.15, 0.2) is 0 Å². The van der Waals surface area contributed by atoms with E-state index in [0.717, 1.165) is 86.0 Å². The second-order valence-corrected chi connectivity index (χ2v) is 22.4. The topological polar surface area (TPSA) is 283 Å². The van der Waals surface area contributed by atoms with Crippen molar-refractivity contribution in [1.82, 2.24) is 29.7 Å². The summed E-state index contributed by atoms with van der Waals surface area (Å²) in [6, 6.07) is 39.9. The number of hydrogen-bond acceptors (Lipinski definition) is 12. The first-order valence-corrected chi connectivity index (χ1v) is 30.0. The number of carbonyl (C=O) groups excluding carboxylic acids is 6. The third kappa shape index (κ3) is 18.5. The Morgan fingerprint density at radius 3 is 0.958 bits per heavy atom. The minimum atomic E-state index is -0.632. The van der Waals surface area contributed by atoms with E-state index in [4.69, 9.17) is 45.6 Å². The minimum absolute atomic E-state index is 0.0419. The number of amidine groups is 3. The lowest BCUT2D eigenvalue weighted by atomic mass is 10.1. The van der Waals surface area contributed by atoms with Crippen LogP contribution < -0.4 is 31.9 Å². The number of nitrogens with zero attached hydrogens (tertiary/aromatic N) is 7. The number of likely N-dealkylation sites (tertiary alicyclic amines) is 1. The molecular formula is C68H57Cl3F3N15O6. The minimum Gasteiger partial charge on any atom is -0.363 e. The fourth-order valence-electron chi connectivity index (χ4n) is 9.02. The average molecular weight is 1340 g/mol. The van der Waals surface area contributed by atoms with Crippen LogP contribution in [0, 0.1) is 28.3 Å². The Balaban J connectivity index is 0.000000168. The molecule has 6 aromatic carbocycles. The summed E-state index contributed by atoms with van der Waals surface area (Å²) in [7, 11) is 5.45. The van der Waals surface area contributed by atoms with Crippen molar-refractivity contribution in [2.75, 3.05) is 79.2 Å². The van der Waals surface area contributed by atoms with Crippen LogP contribution in [0.4, 0.5) is 47.7 Å². The SMILES string of the molecule is CN=C(c1ccc(C(=O)Nc2ccc(F)cc2C(=O)Nc2ccc(Cl)cn2)cc1)N(C)C.N=C(c1ccc(C(=O)Nc2ccc(F)cc2C(=O)Nc2ccc(Cl)cn2)cc1)N1CC1.N=C(c1ccc(C(=O)Nc2ccc(F)cc2C(=O)Nc2ccc(Cl)cn2)cc1)N1CCC1. The summed E-state index contributed by atoms with van der Waals surface area (Å²) in [5, 5.41) is 33.1.